The fraction of sp³-hybridized carbons (Fsp3) is 0.625. The third-order valence-corrected chi connectivity index (χ3v) is 6.45. The number of furan rings is 1. The molecule has 3 rings (SSSR count). The van der Waals surface area contributed by atoms with E-state index >= 15 is 0 Å². The number of hydrogen-bond acceptors (Lipinski definition) is 5. The molecule has 0 bridgehead atoms. The quantitative estimate of drug-likeness (QED) is 0.791. The van der Waals surface area contributed by atoms with Crippen molar-refractivity contribution in [3.05, 3.63) is 23.7 Å². The zero-order valence-corrected chi connectivity index (χ0v) is 14.5. The molecule has 1 unspecified atom stereocenters. The number of amides is 2. The highest BCUT2D eigenvalue weighted by atomic mass is 32.2. The highest BCUT2D eigenvalue weighted by Gasteiger charge is 2.36. The van der Waals surface area contributed by atoms with Crippen LogP contribution in [0.1, 0.15) is 29.7 Å². The highest BCUT2D eigenvalue weighted by molar-refractivity contribution is 7.91. The maximum Gasteiger partial charge on any atom is 0.289 e. The molecule has 2 aliphatic heterocycles. The van der Waals surface area contributed by atoms with E-state index in [4.69, 9.17) is 4.42 Å². The Bertz CT molecular complexity index is 731. The van der Waals surface area contributed by atoms with Crippen molar-refractivity contribution in [3.63, 3.8) is 0 Å². The van der Waals surface area contributed by atoms with Gasteiger partial charge in [-0.15, -0.1) is 0 Å². The van der Waals surface area contributed by atoms with Crippen molar-refractivity contribution in [2.45, 2.75) is 19.8 Å². The average Bonchev–Trinajstić information content (AvgIpc) is 3.20. The molecule has 2 amide bonds. The van der Waals surface area contributed by atoms with Crippen LogP contribution in [0, 0.1) is 5.92 Å². The minimum Gasteiger partial charge on any atom is -0.456 e. The number of sulfone groups is 1. The van der Waals surface area contributed by atoms with Crippen LogP contribution in [0.5, 0.6) is 0 Å². The molecule has 2 aliphatic rings. The summed E-state index contributed by atoms with van der Waals surface area (Å²) in [5.74, 6) is 0.467. The van der Waals surface area contributed by atoms with E-state index in [1.165, 1.54) is 0 Å². The zero-order chi connectivity index (χ0) is 17.3. The van der Waals surface area contributed by atoms with Crippen LogP contribution in [0.15, 0.2) is 16.5 Å². The van der Waals surface area contributed by atoms with Crippen LogP contribution in [0.3, 0.4) is 0 Å². The number of nitrogens with zero attached hydrogens (tertiary/aromatic N) is 2. The molecule has 8 heteroatoms. The summed E-state index contributed by atoms with van der Waals surface area (Å²) < 4.78 is 28.5. The van der Waals surface area contributed by atoms with Gasteiger partial charge in [-0.2, -0.15) is 0 Å². The van der Waals surface area contributed by atoms with E-state index < -0.39 is 15.8 Å². The molecule has 3 heterocycles. The maximum absolute atomic E-state index is 12.4. The van der Waals surface area contributed by atoms with E-state index in [2.05, 4.69) is 0 Å². The van der Waals surface area contributed by atoms with Gasteiger partial charge in [0.25, 0.3) is 5.91 Å². The van der Waals surface area contributed by atoms with Gasteiger partial charge in [-0.1, -0.05) is 6.92 Å². The molecule has 0 aliphatic carbocycles. The summed E-state index contributed by atoms with van der Waals surface area (Å²) in [6.07, 6.45) is 1.15. The van der Waals surface area contributed by atoms with Crippen molar-refractivity contribution in [3.8, 4) is 0 Å². The van der Waals surface area contributed by atoms with Crippen LogP contribution < -0.4 is 0 Å². The Labute approximate surface area is 141 Å². The van der Waals surface area contributed by atoms with Crippen LogP contribution in [0.25, 0.3) is 0 Å². The van der Waals surface area contributed by atoms with Gasteiger partial charge >= 0.3 is 0 Å². The molecule has 0 spiro atoms. The Morgan fingerprint density at radius 2 is 1.83 bits per heavy atom. The van der Waals surface area contributed by atoms with Crippen molar-refractivity contribution >= 4 is 21.7 Å². The van der Waals surface area contributed by atoms with Crippen molar-refractivity contribution < 1.29 is 22.4 Å². The van der Waals surface area contributed by atoms with Crippen molar-refractivity contribution in [1.29, 1.82) is 0 Å². The van der Waals surface area contributed by atoms with Crippen molar-refractivity contribution in [1.82, 2.24) is 9.80 Å². The molecular formula is C16H22N2O5S. The van der Waals surface area contributed by atoms with E-state index in [1.807, 2.05) is 6.92 Å². The van der Waals surface area contributed by atoms with Crippen LogP contribution in [0.2, 0.25) is 0 Å². The Morgan fingerprint density at radius 3 is 2.38 bits per heavy atom. The Balaban J connectivity index is 1.55. The lowest BCUT2D eigenvalue weighted by Gasteiger charge is -2.35. The standard InChI is InChI=1S/C16H22N2O5S/c1-2-13-3-4-14(23-13)16(20)18-8-6-17(7-9-18)15(19)12-5-10-24(21,22)11-12/h3-4,12H,2,5-11H2,1H3. The average molecular weight is 354 g/mol. The molecule has 0 radical (unpaired) electrons. The van der Waals surface area contributed by atoms with E-state index in [-0.39, 0.29) is 23.3 Å². The van der Waals surface area contributed by atoms with Crippen LogP contribution in [-0.2, 0) is 21.1 Å². The van der Waals surface area contributed by atoms with Crippen LogP contribution in [-0.4, -0.2) is 67.7 Å². The molecule has 2 fully saturated rings. The second kappa shape index (κ2) is 6.58. The lowest BCUT2D eigenvalue weighted by molar-refractivity contribution is -0.136. The number of rotatable bonds is 3. The Morgan fingerprint density at radius 1 is 1.17 bits per heavy atom. The molecular weight excluding hydrogens is 332 g/mol. The minimum atomic E-state index is -3.06. The predicted octanol–water partition coefficient (Wildman–Crippen LogP) is 0.561. The molecule has 132 valence electrons. The van der Waals surface area contributed by atoms with Gasteiger partial charge in [0.15, 0.2) is 15.6 Å². The van der Waals surface area contributed by atoms with E-state index in [0.717, 1.165) is 12.2 Å². The van der Waals surface area contributed by atoms with E-state index in [0.29, 0.717) is 38.4 Å². The molecule has 1 aromatic heterocycles. The van der Waals surface area contributed by atoms with Gasteiger partial charge in [-0.25, -0.2) is 8.42 Å². The third-order valence-electron chi connectivity index (χ3n) is 4.68. The molecule has 24 heavy (non-hydrogen) atoms. The van der Waals surface area contributed by atoms with Gasteiger partial charge in [-0.05, 0) is 18.6 Å². The van der Waals surface area contributed by atoms with Gasteiger partial charge in [0.1, 0.15) is 5.76 Å². The normalized spacial score (nSPS) is 23.5. The summed E-state index contributed by atoms with van der Waals surface area (Å²) in [5.41, 5.74) is 0. The van der Waals surface area contributed by atoms with Crippen LogP contribution in [0.4, 0.5) is 0 Å². The van der Waals surface area contributed by atoms with Gasteiger partial charge in [-0.3, -0.25) is 9.59 Å². The second-order valence-corrected chi connectivity index (χ2v) is 8.57. The largest absolute Gasteiger partial charge is 0.456 e. The fourth-order valence-corrected chi connectivity index (χ4v) is 4.95. The summed E-state index contributed by atoms with van der Waals surface area (Å²) in [6, 6.07) is 3.48. The minimum absolute atomic E-state index is 0.0445. The number of carbonyl (C=O) groups excluding carboxylic acids is 2. The maximum atomic E-state index is 12.4. The number of carbonyl (C=O) groups is 2. The summed E-state index contributed by atoms with van der Waals surface area (Å²) in [4.78, 5) is 28.2. The highest BCUT2D eigenvalue weighted by Crippen LogP contribution is 2.22. The van der Waals surface area contributed by atoms with Crippen LogP contribution >= 0.6 is 0 Å². The predicted molar refractivity (Wildman–Crippen MR) is 87.3 cm³/mol. The first-order chi connectivity index (χ1) is 11.4. The smallest absolute Gasteiger partial charge is 0.289 e. The van der Waals surface area contributed by atoms with Crippen molar-refractivity contribution in [2.75, 3.05) is 37.7 Å². The second-order valence-electron chi connectivity index (χ2n) is 6.34. The molecule has 2 saturated heterocycles. The van der Waals surface area contributed by atoms with Crippen molar-refractivity contribution in [2.24, 2.45) is 5.92 Å². The lowest BCUT2D eigenvalue weighted by Crippen LogP contribution is -2.52. The molecule has 7 nitrogen and oxygen atoms in total. The molecule has 1 atom stereocenters. The number of aryl methyl sites for hydroxylation is 1. The monoisotopic (exact) mass is 354 g/mol. The van der Waals surface area contributed by atoms with Gasteiger partial charge in [0.05, 0.1) is 17.4 Å². The van der Waals surface area contributed by atoms with Gasteiger partial charge in [0, 0.05) is 32.6 Å². The summed E-state index contributed by atoms with van der Waals surface area (Å²) in [7, 11) is -3.06. The Kier molecular flexibility index (Phi) is 4.67. The van der Waals surface area contributed by atoms with E-state index in [9.17, 15) is 18.0 Å². The summed E-state index contributed by atoms with van der Waals surface area (Å²) in [5, 5.41) is 0. The third kappa shape index (κ3) is 3.48. The number of hydrogen-bond donors (Lipinski definition) is 0. The summed E-state index contributed by atoms with van der Waals surface area (Å²) in [6.45, 7) is 3.70. The topological polar surface area (TPSA) is 87.9 Å². The van der Waals surface area contributed by atoms with Gasteiger partial charge in [0.2, 0.25) is 5.91 Å². The first-order valence-corrected chi connectivity index (χ1v) is 10.1. The lowest BCUT2D eigenvalue weighted by atomic mass is 10.1. The molecule has 0 saturated carbocycles. The van der Waals surface area contributed by atoms with Gasteiger partial charge < -0.3 is 14.2 Å². The SMILES string of the molecule is CCc1ccc(C(=O)N2CCN(C(=O)C3CCS(=O)(=O)C3)CC2)o1. The number of piperazine rings is 1. The molecule has 0 N–H and O–H groups in total. The zero-order valence-electron chi connectivity index (χ0n) is 13.7. The summed E-state index contributed by atoms with van der Waals surface area (Å²) >= 11 is 0. The fourth-order valence-electron chi connectivity index (χ4n) is 3.22. The van der Waals surface area contributed by atoms with E-state index in [1.54, 1.807) is 21.9 Å². The Hall–Kier alpha value is -1.83. The first kappa shape index (κ1) is 17.0. The molecule has 0 aromatic carbocycles. The first-order valence-electron chi connectivity index (χ1n) is 8.27. The molecule has 1 aromatic rings.